The number of rotatable bonds is 4. The summed E-state index contributed by atoms with van der Waals surface area (Å²) in [6.45, 7) is 2.35. The van der Waals surface area contributed by atoms with Crippen molar-refractivity contribution >= 4 is 40.6 Å². The molecule has 0 saturated heterocycles. The Bertz CT molecular complexity index is 1130. The van der Waals surface area contributed by atoms with E-state index in [2.05, 4.69) is 16.0 Å². The Hall–Kier alpha value is -3.71. The molecule has 0 bridgehead atoms. The molecule has 3 amide bonds. The van der Waals surface area contributed by atoms with E-state index in [4.69, 9.17) is 21.1 Å². The quantitative estimate of drug-likeness (QED) is 0.499. The predicted molar refractivity (Wildman–Crippen MR) is 116 cm³/mol. The summed E-state index contributed by atoms with van der Waals surface area (Å²) >= 11 is 6.00. The molecule has 0 radical (unpaired) electrons. The molecule has 1 aliphatic rings. The lowest BCUT2D eigenvalue weighted by atomic mass is 10.1. The summed E-state index contributed by atoms with van der Waals surface area (Å²) in [5, 5.41) is 8.71. The minimum absolute atomic E-state index is 0.287. The summed E-state index contributed by atoms with van der Waals surface area (Å²) in [4.78, 5) is 25.1. The van der Waals surface area contributed by atoms with Crippen LogP contribution in [0.25, 0.3) is 0 Å². The van der Waals surface area contributed by atoms with Gasteiger partial charge >= 0.3 is 6.03 Å². The molecule has 4 rings (SSSR count). The summed E-state index contributed by atoms with van der Waals surface area (Å²) in [5.41, 5.74) is 1.74. The first-order valence-electron chi connectivity index (χ1n) is 9.26. The molecule has 7 nitrogen and oxygen atoms in total. The maximum Gasteiger partial charge on any atom is 0.323 e. The first kappa shape index (κ1) is 19.6. The number of ether oxygens (including phenoxy) is 2. The lowest BCUT2D eigenvalue weighted by molar-refractivity contribution is 0.102. The third kappa shape index (κ3) is 4.16. The standard InChI is InChI=1S/C22H18ClN3O4/c1-2-29-19-6-4-3-5-16(19)26-22(28)24-14-8-10-18-15(12-14)21(27)25-17-11-13(23)7-9-20(17)30-18/h3-12H,2H2,1H3,(H,25,27)(H2,24,26,28). The van der Waals surface area contributed by atoms with E-state index < -0.39 is 6.03 Å². The van der Waals surface area contributed by atoms with E-state index in [1.54, 1.807) is 54.6 Å². The number of nitrogens with one attached hydrogen (secondary N) is 3. The molecule has 1 heterocycles. The van der Waals surface area contributed by atoms with Crippen molar-refractivity contribution in [3.8, 4) is 17.2 Å². The van der Waals surface area contributed by atoms with Crippen molar-refractivity contribution in [2.24, 2.45) is 0 Å². The van der Waals surface area contributed by atoms with Crippen LogP contribution in [0.2, 0.25) is 5.02 Å². The van der Waals surface area contributed by atoms with E-state index in [1.807, 2.05) is 13.0 Å². The second-order valence-electron chi connectivity index (χ2n) is 6.42. The van der Waals surface area contributed by atoms with E-state index in [-0.39, 0.29) is 11.5 Å². The maximum atomic E-state index is 12.6. The summed E-state index contributed by atoms with van der Waals surface area (Å²) in [6, 6.07) is 16.5. The Morgan fingerprint density at radius 3 is 2.70 bits per heavy atom. The number of hydrogen-bond donors (Lipinski definition) is 3. The zero-order chi connectivity index (χ0) is 21.1. The van der Waals surface area contributed by atoms with E-state index >= 15 is 0 Å². The van der Waals surface area contributed by atoms with Crippen LogP contribution in [0.5, 0.6) is 17.2 Å². The molecular weight excluding hydrogens is 406 g/mol. The van der Waals surface area contributed by atoms with Gasteiger partial charge in [-0.2, -0.15) is 0 Å². The number of anilines is 3. The SMILES string of the molecule is CCOc1ccccc1NC(=O)Nc1ccc2c(c1)C(=O)Nc1cc(Cl)ccc1O2. The molecule has 152 valence electrons. The smallest absolute Gasteiger partial charge is 0.323 e. The fourth-order valence-electron chi connectivity index (χ4n) is 3.01. The van der Waals surface area contributed by atoms with Crippen LogP contribution in [0.15, 0.2) is 60.7 Å². The van der Waals surface area contributed by atoms with E-state index in [0.717, 1.165) is 0 Å². The van der Waals surface area contributed by atoms with Gasteiger partial charge in [-0.1, -0.05) is 23.7 Å². The molecule has 3 aromatic carbocycles. The van der Waals surface area contributed by atoms with Gasteiger partial charge in [-0.25, -0.2) is 4.79 Å². The van der Waals surface area contributed by atoms with Gasteiger partial charge in [-0.3, -0.25) is 4.79 Å². The van der Waals surface area contributed by atoms with Crippen LogP contribution in [0.3, 0.4) is 0 Å². The molecule has 1 aliphatic heterocycles. The van der Waals surface area contributed by atoms with Gasteiger partial charge in [0.1, 0.15) is 11.5 Å². The molecule has 3 aromatic rings. The second kappa shape index (κ2) is 8.34. The van der Waals surface area contributed by atoms with Gasteiger partial charge in [0.05, 0.1) is 23.5 Å². The highest BCUT2D eigenvalue weighted by Gasteiger charge is 2.22. The van der Waals surface area contributed by atoms with Gasteiger partial charge in [-0.15, -0.1) is 0 Å². The average Bonchev–Trinajstić information content (AvgIpc) is 2.85. The van der Waals surface area contributed by atoms with Crippen molar-refractivity contribution in [3.05, 3.63) is 71.2 Å². The van der Waals surface area contributed by atoms with E-state index in [9.17, 15) is 9.59 Å². The Balaban J connectivity index is 1.53. The molecular formula is C22H18ClN3O4. The number of carbonyl (C=O) groups is 2. The number of fused-ring (bicyclic) bond motifs is 2. The van der Waals surface area contributed by atoms with Crippen LogP contribution < -0.4 is 25.4 Å². The first-order valence-corrected chi connectivity index (χ1v) is 9.64. The molecule has 0 atom stereocenters. The van der Waals surface area contributed by atoms with Gasteiger partial charge < -0.3 is 25.4 Å². The number of hydrogen-bond acceptors (Lipinski definition) is 4. The highest BCUT2D eigenvalue weighted by atomic mass is 35.5. The molecule has 0 aromatic heterocycles. The molecule has 3 N–H and O–H groups in total. The first-order chi connectivity index (χ1) is 14.5. The normalized spacial score (nSPS) is 11.9. The molecule has 0 spiro atoms. The van der Waals surface area contributed by atoms with Crippen molar-refractivity contribution in [3.63, 3.8) is 0 Å². The van der Waals surface area contributed by atoms with Crippen molar-refractivity contribution in [1.82, 2.24) is 0 Å². The van der Waals surface area contributed by atoms with E-state index in [0.29, 0.717) is 45.9 Å². The Morgan fingerprint density at radius 2 is 1.87 bits per heavy atom. The summed E-state index contributed by atoms with van der Waals surface area (Å²) in [6.07, 6.45) is 0. The van der Waals surface area contributed by atoms with Gasteiger partial charge in [-0.05, 0) is 55.5 Å². The number of carbonyl (C=O) groups excluding carboxylic acids is 2. The van der Waals surface area contributed by atoms with Crippen LogP contribution in [0, 0.1) is 0 Å². The topological polar surface area (TPSA) is 88.7 Å². The van der Waals surface area contributed by atoms with Crippen LogP contribution >= 0.6 is 11.6 Å². The van der Waals surface area contributed by atoms with Crippen molar-refractivity contribution in [1.29, 1.82) is 0 Å². The van der Waals surface area contributed by atoms with E-state index in [1.165, 1.54) is 0 Å². The summed E-state index contributed by atoms with van der Waals surface area (Å²) in [7, 11) is 0. The van der Waals surface area contributed by atoms with Gasteiger partial charge in [0, 0.05) is 10.7 Å². The third-order valence-electron chi connectivity index (χ3n) is 4.33. The lowest BCUT2D eigenvalue weighted by Crippen LogP contribution is -2.20. The fraction of sp³-hybridized carbons (Fsp3) is 0.0909. The maximum absolute atomic E-state index is 12.6. The molecule has 0 saturated carbocycles. The molecule has 30 heavy (non-hydrogen) atoms. The highest BCUT2D eigenvalue weighted by Crippen LogP contribution is 2.38. The predicted octanol–water partition coefficient (Wildman–Crippen LogP) is 5.74. The highest BCUT2D eigenvalue weighted by molar-refractivity contribution is 6.31. The summed E-state index contributed by atoms with van der Waals surface area (Å²) < 4.78 is 11.3. The third-order valence-corrected chi connectivity index (χ3v) is 4.56. The lowest BCUT2D eigenvalue weighted by Gasteiger charge is -2.13. The zero-order valence-corrected chi connectivity index (χ0v) is 16.7. The molecule has 0 fully saturated rings. The van der Waals surface area contributed by atoms with Crippen LogP contribution in [-0.4, -0.2) is 18.5 Å². The van der Waals surface area contributed by atoms with Crippen molar-refractivity contribution in [2.75, 3.05) is 22.6 Å². The number of para-hydroxylation sites is 2. The van der Waals surface area contributed by atoms with Gasteiger partial charge in [0.15, 0.2) is 5.75 Å². The van der Waals surface area contributed by atoms with Gasteiger partial charge in [0.25, 0.3) is 5.91 Å². The monoisotopic (exact) mass is 423 g/mol. The molecule has 0 aliphatic carbocycles. The molecule has 0 unspecified atom stereocenters. The molecule has 8 heteroatoms. The number of benzene rings is 3. The Kier molecular flexibility index (Phi) is 5.45. The second-order valence-corrected chi connectivity index (χ2v) is 6.85. The van der Waals surface area contributed by atoms with Crippen LogP contribution in [0.4, 0.5) is 21.9 Å². The summed E-state index contributed by atoms with van der Waals surface area (Å²) in [5.74, 6) is 1.07. The minimum atomic E-state index is -0.466. The van der Waals surface area contributed by atoms with Crippen molar-refractivity contribution in [2.45, 2.75) is 6.92 Å². The largest absolute Gasteiger partial charge is 0.492 e. The average molecular weight is 424 g/mol. The van der Waals surface area contributed by atoms with Crippen LogP contribution in [0.1, 0.15) is 17.3 Å². The number of amides is 3. The number of urea groups is 1. The Labute approximate surface area is 178 Å². The van der Waals surface area contributed by atoms with Crippen LogP contribution in [-0.2, 0) is 0 Å². The van der Waals surface area contributed by atoms with Crippen molar-refractivity contribution < 1.29 is 19.1 Å². The fourth-order valence-corrected chi connectivity index (χ4v) is 3.18. The Morgan fingerprint density at radius 1 is 1.07 bits per heavy atom. The zero-order valence-electron chi connectivity index (χ0n) is 16.0. The number of halogens is 1. The van der Waals surface area contributed by atoms with Gasteiger partial charge in [0.2, 0.25) is 0 Å². The minimum Gasteiger partial charge on any atom is -0.492 e.